The van der Waals surface area contributed by atoms with Crippen molar-refractivity contribution < 1.29 is 33.8 Å². The zero-order chi connectivity index (χ0) is 24.1. The molecule has 0 unspecified atom stereocenters. The van der Waals surface area contributed by atoms with Gasteiger partial charge in [0.1, 0.15) is 18.4 Å². The summed E-state index contributed by atoms with van der Waals surface area (Å²) in [6.45, 7) is 3.34. The summed E-state index contributed by atoms with van der Waals surface area (Å²) in [4.78, 5) is 49.0. The number of carbonyl (C=O) groups is 4. The number of rotatable bonds is 8. The summed E-state index contributed by atoms with van der Waals surface area (Å²) < 4.78 is 10.6. The number of carboxylic acids is 1. The summed E-state index contributed by atoms with van der Waals surface area (Å²) in [6, 6.07) is 10.2. The first kappa shape index (κ1) is 24.3. The Morgan fingerprint density at radius 3 is 2.64 bits per heavy atom. The van der Waals surface area contributed by atoms with E-state index in [4.69, 9.17) is 26.2 Å². The van der Waals surface area contributed by atoms with E-state index in [1.54, 1.807) is 37.3 Å². The number of benzene rings is 2. The molecule has 172 valence electrons. The van der Waals surface area contributed by atoms with Crippen LogP contribution in [0.2, 0.25) is 5.02 Å². The van der Waals surface area contributed by atoms with Gasteiger partial charge in [0, 0.05) is 0 Å². The van der Waals surface area contributed by atoms with Gasteiger partial charge in [0.2, 0.25) is 0 Å². The van der Waals surface area contributed by atoms with Gasteiger partial charge in [-0.15, -0.1) is 0 Å². The van der Waals surface area contributed by atoms with Crippen LogP contribution in [0.1, 0.15) is 35.3 Å². The zero-order valence-electron chi connectivity index (χ0n) is 17.7. The number of aromatic carboxylic acids is 1. The highest BCUT2D eigenvalue weighted by molar-refractivity contribution is 8.18. The van der Waals surface area contributed by atoms with Crippen LogP contribution in [0.25, 0.3) is 6.08 Å². The van der Waals surface area contributed by atoms with E-state index in [0.717, 1.165) is 16.7 Å². The van der Waals surface area contributed by atoms with Crippen LogP contribution >= 0.6 is 23.4 Å². The van der Waals surface area contributed by atoms with Gasteiger partial charge in [-0.05, 0) is 67.1 Å². The molecule has 1 saturated heterocycles. The number of thioether (sulfide) groups is 1. The quantitative estimate of drug-likeness (QED) is 0.423. The van der Waals surface area contributed by atoms with Crippen LogP contribution < -0.4 is 4.74 Å². The minimum atomic E-state index is -1.03. The molecule has 1 aliphatic heterocycles. The first-order valence-electron chi connectivity index (χ1n) is 9.89. The number of ether oxygens (including phenoxy) is 2. The molecule has 0 bridgehead atoms. The smallest absolute Gasteiger partial charge is 0.335 e. The largest absolute Gasteiger partial charge is 0.487 e. The number of hydrogen-bond donors (Lipinski definition) is 1. The van der Waals surface area contributed by atoms with Crippen molar-refractivity contribution in [3.63, 3.8) is 0 Å². The van der Waals surface area contributed by atoms with E-state index in [1.807, 2.05) is 0 Å². The maximum Gasteiger partial charge on any atom is 0.335 e. The molecule has 0 aliphatic carbocycles. The summed E-state index contributed by atoms with van der Waals surface area (Å²) in [5.74, 6) is -1.89. The first-order valence-corrected chi connectivity index (χ1v) is 11.1. The van der Waals surface area contributed by atoms with E-state index >= 15 is 0 Å². The molecule has 1 heterocycles. The van der Waals surface area contributed by atoms with Crippen LogP contribution in [-0.2, 0) is 20.9 Å². The average molecular weight is 490 g/mol. The van der Waals surface area contributed by atoms with E-state index in [2.05, 4.69) is 0 Å². The number of halogens is 1. The van der Waals surface area contributed by atoms with Gasteiger partial charge < -0.3 is 14.6 Å². The van der Waals surface area contributed by atoms with Gasteiger partial charge in [-0.25, -0.2) is 9.59 Å². The normalized spacial score (nSPS) is 15.6. The lowest BCUT2D eigenvalue weighted by molar-refractivity contribution is -0.150. The van der Waals surface area contributed by atoms with E-state index < -0.39 is 29.1 Å². The number of carboxylic acid groups (broad SMARTS) is 1. The van der Waals surface area contributed by atoms with Gasteiger partial charge in [-0.3, -0.25) is 14.5 Å². The molecule has 0 radical (unpaired) electrons. The average Bonchev–Trinajstić information content (AvgIpc) is 3.05. The number of hydrogen-bond acceptors (Lipinski definition) is 7. The minimum absolute atomic E-state index is 0.116. The van der Waals surface area contributed by atoms with E-state index in [-0.39, 0.29) is 28.7 Å². The maximum absolute atomic E-state index is 12.7. The number of esters is 1. The molecule has 1 N–H and O–H groups in total. The van der Waals surface area contributed by atoms with Crippen LogP contribution in [0, 0.1) is 0 Å². The molecule has 0 aromatic heterocycles. The SMILES string of the molecule is CCOC(=O)[C@H](C)N1C(=O)S/C(=C\c2ccc(OCc3cccc(C(=O)O)c3)c(Cl)c2)C1=O. The Bertz CT molecular complexity index is 1150. The number of carbonyl (C=O) groups excluding carboxylic acids is 3. The van der Waals surface area contributed by atoms with Crippen molar-refractivity contribution in [3.8, 4) is 5.75 Å². The van der Waals surface area contributed by atoms with Crippen molar-refractivity contribution in [2.75, 3.05) is 6.61 Å². The Hall–Kier alpha value is -3.30. The highest BCUT2D eigenvalue weighted by atomic mass is 35.5. The Kier molecular flexibility index (Phi) is 7.78. The van der Waals surface area contributed by atoms with Gasteiger partial charge in [0.25, 0.3) is 11.1 Å². The third-order valence-electron chi connectivity index (χ3n) is 4.66. The first-order chi connectivity index (χ1) is 15.7. The molecular formula is C23H20ClNO7S. The van der Waals surface area contributed by atoms with Crippen LogP contribution in [0.15, 0.2) is 47.4 Å². The monoisotopic (exact) mass is 489 g/mol. The third kappa shape index (κ3) is 5.74. The van der Waals surface area contributed by atoms with Gasteiger partial charge in [0.15, 0.2) is 0 Å². The molecule has 0 saturated carbocycles. The summed E-state index contributed by atoms with van der Waals surface area (Å²) in [6.07, 6.45) is 1.51. The van der Waals surface area contributed by atoms with Crippen molar-refractivity contribution in [1.82, 2.24) is 4.90 Å². The van der Waals surface area contributed by atoms with Gasteiger partial charge in [-0.2, -0.15) is 0 Å². The molecule has 33 heavy (non-hydrogen) atoms. The Balaban J connectivity index is 1.71. The molecular weight excluding hydrogens is 470 g/mol. The van der Waals surface area contributed by atoms with Crippen LogP contribution in [0.3, 0.4) is 0 Å². The molecule has 1 atom stereocenters. The highest BCUT2D eigenvalue weighted by Crippen LogP contribution is 2.35. The third-order valence-corrected chi connectivity index (χ3v) is 5.84. The van der Waals surface area contributed by atoms with Crippen LogP contribution in [0.5, 0.6) is 5.75 Å². The molecule has 2 amide bonds. The Morgan fingerprint density at radius 2 is 1.97 bits per heavy atom. The summed E-state index contributed by atoms with van der Waals surface area (Å²) >= 11 is 7.03. The minimum Gasteiger partial charge on any atom is -0.487 e. The second kappa shape index (κ2) is 10.5. The van der Waals surface area contributed by atoms with Crippen molar-refractivity contribution >= 4 is 52.5 Å². The molecule has 1 fully saturated rings. The topological polar surface area (TPSA) is 110 Å². The van der Waals surface area contributed by atoms with Crippen molar-refractivity contribution in [3.05, 3.63) is 69.1 Å². The van der Waals surface area contributed by atoms with Crippen LogP contribution in [0.4, 0.5) is 4.79 Å². The van der Waals surface area contributed by atoms with Gasteiger partial charge in [-0.1, -0.05) is 29.8 Å². The molecule has 2 aromatic rings. The zero-order valence-corrected chi connectivity index (χ0v) is 19.3. The lowest BCUT2D eigenvalue weighted by atomic mass is 10.1. The van der Waals surface area contributed by atoms with Crippen molar-refractivity contribution in [2.24, 2.45) is 0 Å². The standard InChI is InChI=1S/C23H20ClNO7S/c1-3-31-22(29)13(2)25-20(26)19(33-23(25)30)11-14-7-8-18(17(24)10-14)32-12-15-5-4-6-16(9-15)21(27)28/h4-11,13H,3,12H2,1-2H3,(H,27,28)/b19-11-/t13-/m0/s1. The molecule has 3 rings (SSSR count). The second-order valence-corrected chi connectivity index (χ2v) is 8.36. The predicted octanol–water partition coefficient (Wildman–Crippen LogP) is 4.61. The van der Waals surface area contributed by atoms with Crippen LogP contribution in [-0.4, -0.2) is 45.7 Å². The molecule has 8 nitrogen and oxygen atoms in total. The number of nitrogens with zero attached hydrogens (tertiary/aromatic N) is 1. The summed E-state index contributed by atoms with van der Waals surface area (Å²) in [5, 5.41) is 8.80. The molecule has 2 aromatic carbocycles. The van der Waals surface area contributed by atoms with Crippen molar-refractivity contribution in [2.45, 2.75) is 26.5 Å². The summed E-state index contributed by atoms with van der Waals surface area (Å²) in [5.41, 5.74) is 1.39. The van der Waals surface area contributed by atoms with E-state index in [9.17, 15) is 19.2 Å². The van der Waals surface area contributed by atoms with Gasteiger partial charge in [0.05, 0.1) is 22.1 Å². The number of amides is 2. The fourth-order valence-corrected chi connectivity index (χ4v) is 4.16. The Morgan fingerprint density at radius 1 is 1.21 bits per heavy atom. The molecule has 1 aliphatic rings. The molecule has 10 heteroatoms. The van der Waals surface area contributed by atoms with Gasteiger partial charge >= 0.3 is 11.9 Å². The number of imide groups is 1. The fraction of sp³-hybridized carbons (Fsp3) is 0.217. The maximum atomic E-state index is 12.7. The molecule has 0 spiro atoms. The predicted molar refractivity (Wildman–Crippen MR) is 123 cm³/mol. The second-order valence-electron chi connectivity index (χ2n) is 6.96. The van der Waals surface area contributed by atoms with Crippen molar-refractivity contribution in [1.29, 1.82) is 0 Å². The Labute approximate surface area is 199 Å². The highest BCUT2D eigenvalue weighted by Gasteiger charge is 2.41. The lowest BCUT2D eigenvalue weighted by Crippen LogP contribution is -2.42. The summed E-state index contributed by atoms with van der Waals surface area (Å²) in [7, 11) is 0. The van der Waals surface area contributed by atoms with E-state index in [0.29, 0.717) is 16.9 Å². The fourth-order valence-electron chi connectivity index (χ4n) is 3.01. The van der Waals surface area contributed by atoms with E-state index in [1.165, 1.54) is 25.1 Å². The lowest BCUT2D eigenvalue weighted by Gasteiger charge is -2.19.